The Balaban J connectivity index is 1.48. The van der Waals surface area contributed by atoms with E-state index in [1.165, 1.54) is 27.8 Å². The zero-order chi connectivity index (χ0) is 27.7. The largest absolute Gasteiger partial charge is 0.485 e. The van der Waals surface area contributed by atoms with Gasteiger partial charge in [0.05, 0.1) is 5.92 Å². The molecule has 1 N–H and O–H groups in total. The molecule has 1 aliphatic heterocycles. The molecule has 39 heavy (non-hydrogen) atoms. The van der Waals surface area contributed by atoms with Gasteiger partial charge in [-0.15, -0.1) is 0 Å². The van der Waals surface area contributed by atoms with Crippen LogP contribution in [0, 0.1) is 18.8 Å². The lowest BCUT2D eigenvalue weighted by atomic mass is 9.82. The van der Waals surface area contributed by atoms with Gasteiger partial charge in [0.25, 0.3) is 0 Å². The molecular weight excluding hydrogens is 484 g/mol. The van der Waals surface area contributed by atoms with Crippen molar-refractivity contribution in [2.24, 2.45) is 11.8 Å². The van der Waals surface area contributed by atoms with Gasteiger partial charge >= 0.3 is 5.97 Å². The number of carboxylic acid groups (broad SMARTS) is 1. The summed E-state index contributed by atoms with van der Waals surface area (Å²) in [6, 6.07) is 17.9. The summed E-state index contributed by atoms with van der Waals surface area (Å²) in [4.78, 5) is 18.7. The van der Waals surface area contributed by atoms with Gasteiger partial charge in [0.1, 0.15) is 11.9 Å². The number of ether oxygens (including phenoxy) is 1. The van der Waals surface area contributed by atoms with Crippen LogP contribution in [0.15, 0.2) is 54.7 Å². The molecule has 2 heterocycles. The van der Waals surface area contributed by atoms with Crippen LogP contribution in [0.3, 0.4) is 0 Å². The van der Waals surface area contributed by atoms with Gasteiger partial charge in [-0.1, -0.05) is 38.1 Å². The molecule has 3 atom stereocenters. The molecule has 0 spiro atoms. The number of nitrogens with zero attached hydrogens (tertiary/aromatic N) is 2. The van der Waals surface area contributed by atoms with Crippen LogP contribution in [0.25, 0.3) is 11.1 Å². The van der Waals surface area contributed by atoms with Gasteiger partial charge in [-0.05, 0) is 122 Å². The first-order valence-electron chi connectivity index (χ1n) is 14.6. The van der Waals surface area contributed by atoms with Crippen LogP contribution in [0.4, 0.5) is 0 Å². The summed E-state index contributed by atoms with van der Waals surface area (Å²) in [7, 11) is 0. The molecule has 0 saturated heterocycles. The number of pyridine rings is 1. The number of rotatable bonds is 10. The van der Waals surface area contributed by atoms with Crippen molar-refractivity contribution >= 4 is 5.97 Å². The Morgan fingerprint density at radius 1 is 1.05 bits per heavy atom. The van der Waals surface area contributed by atoms with Crippen molar-refractivity contribution in [3.05, 3.63) is 82.7 Å². The highest BCUT2D eigenvalue weighted by atomic mass is 16.5. The second-order valence-corrected chi connectivity index (χ2v) is 11.8. The number of aromatic nitrogens is 1. The molecule has 1 aliphatic carbocycles. The Morgan fingerprint density at radius 2 is 1.82 bits per heavy atom. The number of hydrogen-bond acceptors (Lipinski definition) is 4. The van der Waals surface area contributed by atoms with Crippen LogP contribution in [0.1, 0.15) is 86.9 Å². The van der Waals surface area contributed by atoms with E-state index < -0.39 is 11.9 Å². The molecule has 1 fully saturated rings. The SMILES string of the molecule is CCN(Cc1cc(-c2ccnc(C)c2)ccc1C1CCc2ccc([C@H](C3CC3)[C@H](C)C(=O)O)cc2O1)C(C)C. The fourth-order valence-electron chi connectivity index (χ4n) is 6.23. The summed E-state index contributed by atoms with van der Waals surface area (Å²) in [6.45, 7) is 12.5. The number of carboxylic acids is 1. The van der Waals surface area contributed by atoms with Gasteiger partial charge in [-0.3, -0.25) is 14.7 Å². The molecule has 1 aromatic heterocycles. The van der Waals surface area contributed by atoms with E-state index in [2.05, 4.69) is 79.2 Å². The first kappa shape index (κ1) is 27.4. The lowest BCUT2D eigenvalue weighted by molar-refractivity contribution is -0.142. The normalized spacial score (nSPS) is 18.5. The molecule has 1 saturated carbocycles. The molecule has 5 nitrogen and oxygen atoms in total. The van der Waals surface area contributed by atoms with Crippen molar-refractivity contribution < 1.29 is 14.6 Å². The molecule has 206 valence electrons. The van der Waals surface area contributed by atoms with Crippen molar-refractivity contribution in [3.8, 4) is 16.9 Å². The molecule has 5 heteroatoms. The average Bonchev–Trinajstić information content (AvgIpc) is 3.76. The standard InChI is InChI=1S/C34H42N2O3/c1-6-36(21(2)3)20-29-18-26(27-15-16-35-22(4)17-27)11-13-30(29)31-14-12-24-7-10-28(19-32(24)39-31)33(25-8-9-25)23(5)34(37)38/h7,10-11,13,15-19,21,23,25,31,33H,6,8-9,12,14,20H2,1-5H3,(H,37,38)/t23-,31?,33-/m0/s1. The van der Waals surface area contributed by atoms with Gasteiger partial charge in [-0.25, -0.2) is 0 Å². The maximum Gasteiger partial charge on any atom is 0.306 e. The smallest absolute Gasteiger partial charge is 0.306 e. The van der Waals surface area contributed by atoms with E-state index in [4.69, 9.17) is 4.74 Å². The Morgan fingerprint density at radius 3 is 2.49 bits per heavy atom. The lowest BCUT2D eigenvalue weighted by Gasteiger charge is -2.32. The number of aliphatic carboxylic acids is 1. The van der Waals surface area contributed by atoms with Gasteiger partial charge in [0.2, 0.25) is 0 Å². The van der Waals surface area contributed by atoms with Crippen molar-refractivity contribution in [1.29, 1.82) is 0 Å². The summed E-state index contributed by atoms with van der Waals surface area (Å²) in [5.41, 5.74) is 8.27. The molecule has 0 bridgehead atoms. The zero-order valence-corrected chi connectivity index (χ0v) is 24.0. The fourth-order valence-corrected chi connectivity index (χ4v) is 6.23. The highest BCUT2D eigenvalue weighted by Gasteiger charge is 2.39. The van der Waals surface area contributed by atoms with Gasteiger partial charge in [0, 0.05) is 24.5 Å². The average molecular weight is 527 g/mol. The predicted molar refractivity (Wildman–Crippen MR) is 156 cm³/mol. The lowest BCUT2D eigenvalue weighted by Crippen LogP contribution is -2.31. The molecule has 3 aromatic rings. The van der Waals surface area contributed by atoms with Crippen molar-refractivity contribution in [3.63, 3.8) is 0 Å². The number of carbonyl (C=O) groups is 1. The van der Waals surface area contributed by atoms with Crippen LogP contribution < -0.4 is 4.74 Å². The highest BCUT2D eigenvalue weighted by molar-refractivity contribution is 5.71. The zero-order valence-electron chi connectivity index (χ0n) is 24.0. The third kappa shape index (κ3) is 6.04. The van der Waals surface area contributed by atoms with E-state index >= 15 is 0 Å². The molecule has 1 unspecified atom stereocenters. The second-order valence-electron chi connectivity index (χ2n) is 11.8. The molecule has 2 aromatic carbocycles. The minimum Gasteiger partial charge on any atom is -0.485 e. The first-order chi connectivity index (χ1) is 18.7. The van der Waals surface area contributed by atoms with Crippen molar-refractivity contribution in [2.45, 2.75) is 84.9 Å². The minimum atomic E-state index is -0.719. The molecular formula is C34H42N2O3. The van der Waals surface area contributed by atoms with E-state index in [0.717, 1.165) is 55.8 Å². The van der Waals surface area contributed by atoms with E-state index in [-0.39, 0.29) is 12.0 Å². The Hall–Kier alpha value is -3.18. The predicted octanol–water partition coefficient (Wildman–Crippen LogP) is 7.57. The summed E-state index contributed by atoms with van der Waals surface area (Å²) in [5.74, 6) is 0.299. The molecule has 5 rings (SSSR count). The van der Waals surface area contributed by atoms with E-state index in [1.54, 1.807) is 0 Å². The third-order valence-electron chi connectivity index (χ3n) is 8.71. The number of fused-ring (bicyclic) bond motifs is 1. The van der Waals surface area contributed by atoms with E-state index in [1.807, 2.05) is 20.0 Å². The van der Waals surface area contributed by atoms with Crippen molar-refractivity contribution in [2.75, 3.05) is 6.54 Å². The topological polar surface area (TPSA) is 62.7 Å². The fraction of sp³-hybridized carbons (Fsp3) is 0.471. The summed E-state index contributed by atoms with van der Waals surface area (Å²) in [5, 5.41) is 9.76. The summed E-state index contributed by atoms with van der Waals surface area (Å²) in [6.07, 6.45) is 5.95. The van der Waals surface area contributed by atoms with Crippen molar-refractivity contribution in [1.82, 2.24) is 9.88 Å². The van der Waals surface area contributed by atoms with Gasteiger partial charge < -0.3 is 9.84 Å². The quantitative estimate of drug-likeness (QED) is 0.295. The van der Waals surface area contributed by atoms with Crippen LogP contribution in [-0.2, 0) is 17.8 Å². The highest BCUT2D eigenvalue weighted by Crippen LogP contribution is 2.48. The summed E-state index contributed by atoms with van der Waals surface area (Å²) >= 11 is 0. The van der Waals surface area contributed by atoms with Crippen LogP contribution in [0.5, 0.6) is 5.75 Å². The van der Waals surface area contributed by atoms with E-state index in [0.29, 0.717) is 12.0 Å². The number of hydrogen-bond donors (Lipinski definition) is 1. The maximum absolute atomic E-state index is 11.9. The Labute approximate surface area is 233 Å². The van der Waals surface area contributed by atoms with Crippen LogP contribution in [0.2, 0.25) is 0 Å². The molecule has 0 radical (unpaired) electrons. The molecule has 2 aliphatic rings. The van der Waals surface area contributed by atoms with Gasteiger partial charge in [0.15, 0.2) is 0 Å². The maximum atomic E-state index is 11.9. The van der Waals surface area contributed by atoms with Gasteiger partial charge in [-0.2, -0.15) is 0 Å². The summed E-state index contributed by atoms with van der Waals surface area (Å²) < 4.78 is 6.75. The van der Waals surface area contributed by atoms with Crippen LogP contribution in [-0.4, -0.2) is 33.5 Å². The van der Waals surface area contributed by atoms with E-state index in [9.17, 15) is 9.90 Å². The number of benzene rings is 2. The molecule has 0 amide bonds. The Kier molecular flexibility index (Phi) is 8.08. The first-order valence-corrected chi connectivity index (χ1v) is 14.6. The second kappa shape index (κ2) is 11.5. The number of aryl methyl sites for hydroxylation is 2. The monoisotopic (exact) mass is 526 g/mol. The Bertz CT molecular complexity index is 1330. The third-order valence-corrected chi connectivity index (χ3v) is 8.71. The minimum absolute atomic E-state index is 0.0295. The van der Waals surface area contributed by atoms with Crippen LogP contribution >= 0.6 is 0 Å².